The van der Waals surface area contributed by atoms with Gasteiger partial charge in [0.25, 0.3) is 0 Å². The molecular formula is C26H28N4. The average Bonchev–Trinajstić information content (AvgIpc) is 3.58. The normalized spacial score (nSPS) is 17.7. The number of aromatic nitrogens is 3. The molecule has 2 fully saturated rings. The Kier molecular flexibility index (Phi) is 4.53. The van der Waals surface area contributed by atoms with Gasteiger partial charge in [-0.15, -0.1) is 0 Å². The van der Waals surface area contributed by atoms with Crippen LogP contribution in [0.4, 0.5) is 0 Å². The van der Waals surface area contributed by atoms with Crippen LogP contribution < -0.4 is 5.32 Å². The summed E-state index contributed by atoms with van der Waals surface area (Å²) in [4.78, 5) is 10.3. The van der Waals surface area contributed by atoms with E-state index in [1.165, 1.54) is 54.3 Å². The van der Waals surface area contributed by atoms with Crippen molar-refractivity contribution in [3.63, 3.8) is 0 Å². The molecule has 0 radical (unpaired) electrons. The topological polar surface area (TPSA) is 42.7 Å². The van der Waals surface area contributed by atoms with Crippen molar-refractivity contribution in [2.24, 2.45) is 5.92 Å². The second-order valence-corrected chi connectivity index (χ2v) is 8.92. The number of nitrogens with one attached hydrogen (secondary N) is 1. The first-order valence-corrected chi connectivity index (χ1v) is 11.4. The molecule has 1 N–H and O–H groups in total. The quantitative estimate of drug-likeness (QED) is 0.483. The Morgan fingerprint density at radius 1 is 0.867 bits per heavy atom. The number of fused-ring (bicyclic) bond motifs is 3. The Balaban J connectivity index is 1.56. The van der Waals surface area contributed by atoms with Gasteiger partial charge in [-0.1, -0.05) is 48.5 Å². The van der Waals surface area contributed by atoms with Gasteiger partial charge in [0.1, 0.15) is 11.3 Å². The fourth-order valence-corrected chi connectivity index (χ4v) is 5.01. The van der Waals surface area contributed by atoms with Gasteiger partial charge in [0.15, 0.2) is 0 Å². The summed E-state index contributed by atoms with van der Waals surface area (Å²) in [6.07, 6.45) is 6.25. The summed E-state index contributed by atoms with van der Waals surface area (Å²) in [6.45, 7) is 3.32. The van der Waals surface area contributed by atoms with E-state index in [9.17, 15) is 0 Å². The molecule has 1 aliphatic carbocycles. The summed E-state index contributed by atoms with van der Waals surface area (Å²) in [5.41, 5.74) is 5.93. The summed E-state index contributed by atoms with van der Waals surface area (Å²) in [6, 6.07) is 19.3. The van der Waals surface area contributed by atoms with E-state index in [1.54, 1.807) is 0 Å². The number of rotatable bonds is 5. The van der Waals surface area contributed by atoms with Gasteiger partial charge in [0.05, 0.1) is 16.7 Å². The van der Waals surface area contributed by atoms with Crippen LogP contribution in [0.3, 0.4) is 0 Å². The maximum atomic E-state index is 5.25. The molecule has 4 nitrogen and oxygen atoms in total. The third kappa shape index (κ3) is 3.20. The van der Waals surface area contributed by atoms with Crippen LogP contribution in [-0.2, 0) is 6.54 Å². The first kappa shape index (κ1) is 18.1. The third-order valence-corrected chi connectivity index (χ3v) is 6.83. The van der Waals surface area contributed by atoms with E-state index in [2.05, 4.69) is 64.5 Å². The molecule has 152 valence electrons. The summed E-state index contributed by atoms with van der Waals surface area (Å²) >= 11 is 0. The number of piperidine rings is 1. The largest absolute Gasteiger partial charge is 0.323 e. The fraction of sp³-hybridized carbons (Fsp3) is 0.385. The van der Waals surface area contributed by atoms with E-state index in [1.807, 2.05) is 0 Å². The van der Waals surface area contributed by atoms with E-state index < -0.39 is 0 Å². The van der Waals surface area contributed by atoms with Gasteiger partial charge < -0.3 is 9.88 Å². The smallest absolute Gasteiger partial charge is 0.141 e. The van der Waals surface area contributed by atoms with E-state index in [4.69, 9.17) is 9.97 Å². The Morgan fingerprint density at radius 2 is 1.63 bits per heavy atom. The van der Waals surface area contributed by atoms with Crippen molar-refractivity contribution in [3.8, 4) is 11.4 Å². The lowest BCUT2D eigenvalue weighted by Crippen LogP contribution is -2.28. The number of aryl methyl sites for hydroxylation is 1. The van der Waals surface area contributed by atoms with Crippen molar-refractivity contribution < 1.29 is 0 Å². The van der Waals surface area contributed by atoms with Crippen LogP contribution in [0.1, 0.15) is 43.7 Å². The summed E-state index contributed by atoms with van der Waals surface area (Å²) in [7, 11) is 0. The lowest BCUT2D eigenvalue weighted by molar-refractivity contribution is 0.340. The van der Waals surface area contributed by atoms with Crippen molar-refractivity contribution >= 4 is 21.9 Å². The molecule has 6 rings (SSSR count). The Hall–Kier alpha value is -2.72. The number of hydrogen-bond acceptors (Lipinski definition) is 3. The van der Waals surface area contributed by atoms with Crippen LogP contribution in [-0.4, -0.2) is 27.6 Å². The number of hydrogen-bond donors (Lipinski definition) is 1. The monoisotopic (exact) mass is 396 g/mol. The highest BCUT2D eigenvalue weighted by molar-refractivity contribution is 6.05. The first-order valence-electron chi connectivity index (χ1n) is 11.4. The first-order chi connectivity index (χ1) is 14.9. The second kappa shape index (κ2) is 7.51. The molecule has 0 spiro atoms. The molecule has 0 bridgehead atoms. The molecule has 1 aliphatic heterocycles. The summed E-state index contributed by atoms with van der Waals surface area (Å²) in [5, 5.41) is 4.73. The maximum Gasteiger partial charge on any atom is 0.141 e. The van der Waals surface area contributed by atoms with Gasteiger partial charge in [0, 0.05) is 23.4 Å². The van der Waals surface area contributed by atoms with Crippen LogP contribution >= 0.6 is 0 Å². The fourth-order valence-electron chi connectivity index (χ4n) is 5.01. The summed E-state index contributed by atoms with van der Waals surface area (Å²) in [5.74, 6) is 2.47. The van der Waals surface area contributed by atoms with Gasteiger partial charge in [-0.3, -0.25) is 4.98 Å². The molecule has 1 saturated heterocycles. The zero-order valence-electron chi connectivity index (χ0n) is 17.3. The van der Waals surface area contributed by atoms with Crippen LogP contribution in [0.25, 0.3) is 33.3 Å². The van der Waals surface area contributed by atoms with Crippen molar-refractivity contribution in [2.45, 2.75) is 44.6 Å². The molecule has 0 amide bonds. The van der Waals surface area contributed by atoms with Crippen LogP contribution in [0.2, 0.25) is 0 Å². The highest BCUT2D eigenvalue weighted by atomic mass is 15.1. The van der Waals surface area contributed by atoms with Gasteiger partial charge >= 0.3 is 0 Å². The lowest BCUT2D eigenvalue weighted by Gasteiger charge is -2.23. The van der Waals surface area contributed by atoms with E-state index in [0.717, 1.165) is 42.4 Å². The Bertz CT molecular complexity index is 1180. The Labute approximate surface area is 177 Å². The van der Waals surface area contributed by atoms with Crippen LogP contribution in [0.15, 0.2) is 54.6 Å². The van der Waals surface area contributed by atoms with Crippen LogP contribution in [0.5, 0.6) is 0 Å². The molecule has 3 heterocycles. The SMILES string of the molecule is c1ccc(-c2nc3c(C4CC4)nc4ccccc4c3n2CCC2CCNCC2)cc1. The van der Waals surface area contributed by atoms with Crippen molar-refractivity contribution in [2.75, 3.05) is 13.1 Å². The number of benzene rings is 2. The molecular weight excluding hydrogens is 368 g/mol. The number of imidazole rings is 1. The molecule has 30 heavy (non-hydrogen) atoms. The number of nitrogens with zero attached hydrogens (tertiary/aromatic N) is 3. The standard InChI is InChI=1S/C26H28N4/c1-2-6-20(7-3-1)26-29-24-23(19-10-11-19)28-22-9-5-4-8-21(22)25(24)30(26)17-14-18-12-15-27-16-13-18/h1-9,18-19,27H,10-17H2. The number of pyridine rings is 1. The molecule has 4 heteroatoms. The molecule has 1 saturated carbocycles. The average molecular weight is 397 g/mol. The number of para-hydroxylation sites is 1. The van der Waals surface area contributed by atoms with E-state index in [-0.39, 0.29) is 0 Å². The van der Waals surface area contributed by atoms with Gasteiger partial charge in [-0.2, -0.15) is 0 Å². The third-order valence-electron chi connectivity index (χ3n) is 6.83. The van der Waals surface area contributed by atoms with Crippen LogP contribution in [0, 0.1) is 5.92 Å². The van der Waals surface area contributed by atoms with E-state index in [0.29, 0.717) is 5.92 Å². The zero-order chi connectivity index (χ0) is 19.9. The maximum absolute atomic E-state index is 5.25. The zero-order valence-corrected chi connectivity index (χ0v) is 17.3. The van der Waals surface area contributed by atoms with Gasteiger partial charge in [0.2, 0.25) is 0 Å². The minimum absolute atomic E-state index is 0.577. The minimum Gasteiger partial charge on any atom is -0.323 e. The Morgan fingerprint density at radius 3 is 2.43 bits per heavy atom. The van der Waals surface area contributed by atoms with E-state index >= 15 is 0 Å². The van der Waals surface area contributed by atoms with Crippen molar-refractivity contribution in [1.29, 1.82) is 0 Å². The molecule has 2 aromatic carbocycles. The lowest BCUT2D eigenvalue weighted by atomic mass is 9.94. The van der Waals surface area contributed by atoms with Crippen molar-refractivity contribution in [1.82, 2.24) is 19.9 Å². The highest BCUT2D eigenvalue weighted by Crippen LogP contribution is 2.44. The molecule has 4 aromatic rings. The molecule has 2 aromatic heterocycles. The van der Waals surface area contributed by atoms with Crippen molar-refractivity contribution in [3.05, 3.63) is 60.3 Å². The van der Waals surface area contributed by atoms with Gasteiger partial charge in [-0.25, -0.2) is 4.98 Å². The molecule has 0 atom stereocenters. The second-order valence-electron chi connectivity index (χ2n) is 8.92. The predicted molar refractivity (Wildman–Crippen MR) is 123 cm³/mol. The molecule has 2 aliphatic rings. The highest BCUT2D eigenvalue weighted by Gasteiger charge is 2.30. The molecule has 0 unspecified atom stereocenters. The summed E-state index contributed by atoms with van der Waals surface area (Å²) < 4.78 is 2.50. The van der Waals surface area contributed by atoms with Gasteiger partial charge in [-0.05, 0) is 57.2 Å². The minimum atomic E-state index is 0.577. The predicted octanol–water partition coefficient (Wildman–Crippen LogP) is 5.52.